The van der Waals surface area contributed by atoms with Crippen molar-refractivity contribution in [2.45, 2.75) is 31.7 Å². The summed E-state index contributed by atoms with van der Waals surface area (Å²) in [6, 6.07) is 0.0848. The van der Waals surface area contributed by atoms with Gasteiger partial charge in [-0.15, -0.1) is 0 Å². The molecule has 2 atom stereocenters. The van der Waals surface area contributed by atoms with Gasteiger partial charge in [0.15, 0.2) is 0 Å². The lowest BCUT2D eigenvalue weighted by Crippen LogP contribution is -2.42. The molecule has 102 valence electrons. The monoisotopic (exact) mass is 282 g/mol. The summed E-state index contributed by atoms with van der Waals surface area (Å²) in [5.74, 6) is 0.701. The molecule has 1 heterocycles. The van der Waals surface area contributed by atoms with E-state index in [1.165, 1.54) is 0 Å². The van der Waals surface area contributed by atoms with Gasteiger partial charge in [0.1, 0.15) is 0 Å². The minimum atomic E-state index is -3.19. The van der Waals surface area contributed by atoms with Crippen LogP contribution in [0.1, 0.15) is 25.7 Å². The molecule has 7 heteroatoms. The van der Waals surface area contributed by atoms with E-state index < -0.39 is 20.8 Å². The van der Waals surface area contributed by atoms with Crippen molar-refractivity contribution in [1.29, 1.82) is 0 Å². The fourth-order valence-corrected chi connectivity index (χ4v) is 3.83. The fraction of sp³-hybridized carbons (Fsp3) is 1.00. The Morgan fingerprint density at radius 2 is 2.18 bits per heavy atom. The summed E-state index contributed by atoms with van der Waals surface area (Å²) in [6.45, 7) is 1.30. The van der Waals surface area contributed by atoms with Gasteiger partial charge in [0, 0.05) is 35.4 Å². The van der Waals surface area contributed by atoms with Gasteiger partial charge < -0.3 is 5.32 Å². The van der Waals surface area contributed by atoms with E-state index in [1.807, 2.05) is 0 Å². The van der Waals surface area contributed by atoms with Crippen molar-refractivity contribution in [1.82, 2.24) is 10.0 Å². The molecule has 0 aromatic heterocycles. The maximum Gasteiger partial charge on any atom is 0.213 e. The number of piperidine rings is 1. The molecule has 2 N–H and O–H groups in total. The summed E-state index contributed by atoms with van der Waals surface area (Å²) in [5.41, 5.74) is 0. The first-order valence-electron chi connectivity index (χ1n) is 6.00. The summed E-state index contributed by atoms with van der Waals surface area (Å²) >= 11 is 0. The van der Waals surface area contributed by atoms with Crippen LogP contribution in [0.15, 0.2) is 0 Å². The number of hydrogen-bond acceptors (Lipinski definition) is 4. The Hall–Kier alpha value is 0.0200. The molecule has 1 rings (SSSR count). The Labute approximate surface area is 106 Å². The second-order valence-corrected chi connectivity index (χ2v) is 7.86. The van der Waals surface area contributed by atoms with Crippen LogP contribution in [0, 0.1) is 0 Å². The second kappa shape index (κ2) is 7.45. The molecule has 5 nitrogen and oxygen atoms in total. The Morgan fingerprint density at radius 3 is 2.76 bits per heavy atom. The van der Waals surface area contributed by atoms with Crippen molar-refractivity contribution < 1.29 is 12.6 Å². The maximum atomic E-state index is 11.7. The molecular weight excluding hydrogens is 260 g/mol. The quantitative estimate of drug-likeness (QED) is 0.635. The molecule has 1 saturated heterocycles. The van der Waals surface area contributed by atoms with Crippen molar-refractivity contribution in [3.05, 3.63) is 0 Å². The van der Waals surface area contributed by atoms with E-state index >= 15 is 0 Å². The van der Waals surface area contributed by atoms with E-state index in [0.29, 0.717) is 18.7 Å². The lowest BCUT2D eigenvalue weighted by molar-refractivity contribution is 0.422. The van der Waals surface area contributed by atoms with Crippen LogP contribution in [0.25, 0.3) is 0 Å². The van der Waals surface area contributed by atoms with Crippen molar-refractivity contribution in [3.63, 3.8) is 0 Å². The first-order chi connectivity index (χ1) is 7.99. The van der Waals surface area contributed by atoms with Gasteiger partial charge in [-0.2, -0.15) is 0 Å². The van der Waals surface area contributed by atoms with Gasteiger partial charge in [-0.3, -0.25) is 4.21 Å². The zero-order valence-electron chi connectivity index (χ0n) is 10.3. The zero-order valence-corrected chi connectivity index (χ0v) is 11.9. The molecule has 1 fully saturated rings. The van der Waals surface area contributed by atoms with Gasteiger partial charge in [0.2, 0.25) is 10.0 Å². The van der Waals surface area contributed by atoms with E-state index in [2.05, 4.69) is 10.0 Å². The van der Waals surface area contributed by atoms with Crippen LogP contribution >= 0.6 is 0 Å². The third-order valence-corrected chi connectivity index (χ3v) is 5.11. The zero-order chi connectivity index (χ0) is 12.7. The molecule has 0 spiro atoms. The average Bonchev–Trinajstić information content (AvgIpc) is 2.25. The molecule has 17 heavy (non-hydrogen) atoms. The Kier molecular flexibility index (Phi) is 6.61. The molecule has 0 aromatic carbocycles. The van der Waals surface area contributed by atoms with E-state index in [4.69, 9.17) is 0 Å². The van der Waals surface area contributed by atoms with Crippen LogP contribution in [0.2, 0.25) is 0 Å². The molecule has 0 aromatic rings. The van der Waals surface area contributed by atoms with Gasteiger partial charge >= 0.3 is 0 Å². The first-order valence-corrected chi connectivity index (χ1v) is 9.38. The summed E-state index contributed by atoms with van der Waals surface area (Å²) in [4.78, 5) is 0. The molecule has 0 aliphatic carbocycles. The standard InChI is InChI=1S/C10H22N2O3S2/c1-16(13)8-4-7-12-17(14,15)9-10-5-2-3-6-11-10/h10-12H,2-9H2,1H3. The number of sulfonamides is 1. The van der Waals surface area contributed by atoms with Crippen LogP contribution in [-0.2, 0) is 20.8 Å². The SMILES string of the molecule is CS(=O)CCCNS(=O)(=O)CC1CCCCN1. The molecule has 0 bridgehead atoms. The van der Waals surface area contributed by atoms with E-state index in [0.717, 1.165) is 25.8 Å². The smallest absolute Gasteiger partial charge is 0.213 e. The number of rotatable bonds is 7. The molecular formula is C10H22N2O3S2. The highest BCUT2D eigenvalue weighted by Crippen LogP contribution is 2.08. The summed E-state index contributed by atoms with van der Waals surface area (Å²) < 4.78 is 36.8. The van der Waals surface area contributed by atoms with Crippen LogP contribution < -0.4 is 10.0 Å². The third kappa shape index (κ3) is 7.13. The summed E-state index contributed by atoms with van der Waals surface area (Å²) in [7, 11) is -4.04. The first kappa shape index (κ1) is 15.1. The van der Waals surface area contributed by atoms with Crippen molar-refractivity contribution in [2.24, 2.45) is 0 Å². The molecule has 1 aliphatic heterocycles. The van der Waals surface area contributed by atoms with Crippen LogP contribution in [0.4, 0.5) is 0 Å². The highest BCUT2D eigenvalue weighted by molar-refractivity contribution is 7.89. The number of hydrogen-bond donors (Lipinski definition) is 2. The fourth-order valence-electron chi connectivity index (χ4n) is 1.89. The lowest BCUT2D eigenvalue weighted by atomic mass is 10.1. The Bertz CT molecular complexity index is 337. The molecule has 1 aliphatic rings. The summed E-state index contributed by atoms with van der Waals surface area (Å²) in [5, 5.41) is 3.22. The van der Waals surface area contributed by atoms with Gasteiger partial charge in [0.05, 0.1) is 5.75 Å². The Balaban J connectivity index is 2.22. The highest BCUT2D eigenvalue weighted by atomic mass is 32.2. The van der Waals surface area contributed by atoms with Gasteiger partial charge in [-0.25, -0.2) is 13.1 Å². The minimum Gasteiger partial charge on any atom is -0.313 e. The molecule has 0 saturated carbocycles. The topological polar surface area (TPSA) is 75.3 Å². The van der Waals surface area contributed by atoms with E-state index in [-0.39, 0.29) is 11.8 Å². The van der Waals surface area contributed by atoms with E-state index in [1.54, 1.807) is 6.26 Å². The largest absolute Gasteiger partial charge is 0.313 e. The van der Waals surface area contributed by atoms with Crippen LogP contribution in [0.3, 0.4) is 0 Å². The van der Waals surface area contributed by atoms with Gasteiger partial charge in [-0.1, -0.05) is 6.42 Å². The predicted octanol–water partition coefficient (Wildman–Crippen LogP) is -0.183. The number of nitrogens with one attached hydrogen (secondary N) is 2. The Morgan fingerprint density at radius 1 is 1.41 bits per heavy atom. The third-order valence-electron chi connectivity index (χ3n) is 2.76. The highest BCUT2D eigenvalue weighted by Gasteiger charge is 2.20. The normalized spacial score (nSPS) is 23.5. The molecule has 0 amide bonds. The lowest BCUT2D eigenvalue weighted by Gasteiger charge is -2.23. The second-order valence-electron chi connectivity index (χ2n) is 4.45. The molecule has 0 radical (unpaired) electrons. The van der Waals surface area contributed by atoms with Gasteiger partial charge in [-0.05, 0) is 25.8 Å². The van der Waals surface area contributed by atoms with Gasteiger partial charge in [0.25, 0.3) is 0 Å². The predicted molar refractivity (Wildman–Crippen MR) is 71.0 cm³/mol. The van der Waals surface area contributed by atoms with Crippen molar-refractivity contribution in [3.8, 4) is 0 Å². The summed E-state index contributed by atoms with van der Waals surface area (Å²) in [6.07, 6.45) is 5.41. The van der Waals surface area contributed by atoms with Crippen molar-refractivity contribution >= 4 is 20.8 Å². The van der Waals surface area contributed by atoms with E-state index in [9.17, 15) is 12.6 Å². The van der Waals surface area contributed by atoms with Crippen LogP contribution in [-0.4, -0.2) is 49.5 Å². The van der Waals surface area contributed by atoms with Crippen LogP contribution in [0.5, 0.6) is 0 Å². The maximum absolute atomic E-state index is 11.7. The molecule has 2 unspecified atom stereocenters. The van der Waals surface area contributed by atoms with Crippen molar-refractivity contribution in [2.75, 3.05) is 30.9 Å². The minimum absolute atomic E-state index is 0.0848. The average molecular weight is 282 g/mol.